The minimum Gasteiger partial charge on any atom is -0.465 e. The lowest BCUT2D eigenvalue weighted by Crippen LogP contribution is -2.27. The molecule has 0 aliphatic heterocycles. The molecule has 0 aromatic carbocycles. The van der Waals surface area contributed by atoms with Crippen LogP contribution in [0.15, 0.2) is 6.07 Å². The second-order valence-corrected chi connectivity index (χ2v) is 4.67. The summed E-state index contributed by atoms with van der Waals surface area (Å²) in [4.78, 5) is 25.6. The molecule has 1 heterocycles. The third-order valence-electron chi connectivity index (χ3n) is 1.87. The number of hydrogen-bond acceptors (Lipinski definition) is 4. The highest BCUT2D eigenvalue weighted by Gasteiger charge is 2.17. The van der Waals surface area contributed by atoms with Crippen LogP contribution in [-0.4, -0.2) is 38.1 Å². The van der Waals surface area contributed by atoms with Crippen LogP contribution in [-0.2, 0) is 4.74 Å². The van der Waals surface area contributed by atoms with Crippen LogP contribution in [0.4, 0.5) is 10.5 Å². The number of nitrogens with zero attached hydrogens (tertiary/aromatic N) is 1. The van der Waals surface area contributed by atoms with E-state index in [2.05, 4.69) is 10.1 Å². The van der Waals surface area contributed by atoms with Gasteiger partial charge >= 0.3 is 12.0 Å². The van der Waals surface area contributed by atoms with Gasteiger partial charge in [0.1, 0.15) is 4.88 Å². The zero-order valence-electron chi connectivity index (χ0n) is 9.66. The van der Waals surface area contributed by atoms with Crippen LogP contribution in [0.2, 0.25) is 0 Å². The lowest BCUT2D eigenvalue weighted by molar-refractivity contribution is 0.0607. The summed E-state index contributed by atoms with van der Waals surface area (Å²) in [6.07, 6.45) is 0. The van der Waals surface area contributed by atoms with E-state index in [4.69, 9.17) is 0 Å². The fourth-order valence-electron chi connectivity index (χ4n) is 1.08. The number of esters is 1. The lowest BCUT2D eigenvalue weighted by atomic mass is 10.3. The zero-order chi connectivity index (χ0) is 12.3. The maximum Gasteiger partial charge on any atom is 0.350 e. The number of nitrogens with one attached hydrogen (secondary N) is 1. The van der Waals surface area contributed by atoms with Gasteiger partial charge in [-0.25, -0.2) is 9.59 Å². The molecular weight excluding hydrogens is 228 g/mol. The fourth-order valence-corrected chi connectivity index (χ4v) is 1.96. The van der Waals surface area contributed by atoms with Gasteiger partial charge in [0.15, 0.2) is 0 Å². The van der Waals surface area contributed by atoms with Crippen LogP contribution < -0.4 is 5.32 Å². The Morgan fingerprint density at radius 2 is 2.06 bits per heavy atom. The number of anilines is 1. The monoisotopic (exact) mass is 242 g/mol. The topological polar surface area (TPSA) is 58.6 Å². The van der Waals surface area contributed by atoms with Crippen molar-refractivity contribution in [1.29, 1.82) is 0 Å². The second kappa shape index (κ2) is 4.98. The minimum atomic E-state index is -0.438. The number of carbonyl (C=O) groups excluding carboxylic acids is 2. The van der Waals surface area contributed by atoms with E-state index >= 15 is 0 Å². The number of amides is 2. The third-order valence-corrected chi connectivity index (χ3v) is 2.90. The van der Waals surface area contributed by atoms with Crippen LogP contribution in [0.3, 0.4) is 0 Å². The van der Waals surface area contributed by atoms with Crippen molar-refractivity contribution in [3.8, 4) is 0 Å². The predicted molar refractivity (Wildman–Crippen MR) is 63.1 cm³/mol. The van der Waals surface area contributed by atoms with Gasteiger partial charge in [-0.05, 0) is 13.0 Å². The molecule has 1 rings (SSSR count). The second-order valence-electron chi connectivity index (χ2n) is 3.42. The van der Waals surface area contributed by atoms with Gasteiger partial charge in [-0.3, -0.25) is 0 Å². The number of thiophene rings is 1. The van der Waals surface area contributed by atoms with Crippen LogP contribution in [0, 0.1) is 6.92 Å². The van der Waals surface area contributed by atoms with Gasteiger partial charge in [0, 0.05) is 19.0 Å². The summed E-state index contributed by atoms with van der Waals surface area (Å²) in [7, 11) is 4.58. The van der Waals surface area contributed by atoms with Crippen LogP contribution in [0.1, 0.15) is 14.5 Å². The number of methoxy groups -OCH3 is 1. The highest BCUT2D eigenvalue weighted by Crippen LogP contribution is 2.27. The van der Waals surface area contributed by atoms with Crippen molar-refractivity contribution in [2.75, 3.05) is 26.5 Å². The molecule has 2 amide bonds. The highest BCUT2D eigenvalue weighted by atomic mass is 32.1. The Labute approximate surface area is 98.0 Å². The van der Waals surface area contributed by atoms with Crippen LogP contribution in [0.25, 0.3) is 0 Å². The van der Waals surface area contributed by atoms with Gasteiger partial charge in [-0.1, -0.05) is 0 Å². The highest BCUT2D eigenvalue weighted by molar-refractivity contribution is 7.14. The zero-order valence-corrected chi connectivity index (χ0v) is 10.5. The molecule has 1 aromatic heterocycles. The average Bonchev–Trinajstić information content (AvgIpc) is 2.58. The summed E-state index contributed by atoms with van der Waals surface area (Å²) in [6.45, 7) is 1.86. The van der Waals surface area contributed by atoms with Gasteiger partial charge < -0.3 is 15.0 Å². The van der Waals surface area contributed by atoms with Gasteiger partial charge in [-0.15, -0.1) is 11.3 Å². The Kier molecular flexibility index (Phi) is 3.89. The first-order chi connectivity index (χ1) is 7.45. The molecule has 1 N–H and O–H groups in total. The molecule has 0 radical (unpaired) electrons. The van der Waals surface area contributed by atoms with Crippen molar-refractivity contribution in [3.05, 3.63) is 15.8 Å². The molecule has 0 saturated heterocycles. The lowest BCUT2D eigenvalue weighted by Gasteiger charge is -2.11. The summed E-state index contributed by atoms with van der Waals surface area (Å²) in [5.41, 5.74) is 0.494. The van der Waals surface area contributed by atoms with Gasteiger partial charge in [0.05, 0.1) is 12.8 Å². The quantitative estimate of drug-likeness (QED) is 0.806. The molecular formula is C10H14N2O3S. The summed E-state index contributed by atoms with van der Waals surface area (Å²) in [5.74, 6) is -0.438. The number of ether oxygens (including phenoxy) is 1. The van der Waals surface area contributed by atoms with E-state index in [0.29, 0.717) is 10.6 Å². The van der Waals surface area contributed by atoms with Crippen LogP contribution >= 0.6 is 11.3 Å². The molecule has 0 aliphatic rings. The molecule has 0 saturated carbocycles. The molecule has 16 heavy (non-hydrogen) atoms. The molecule has 0 unspecified atom stereocenters. The van der Waals surface area contributed by atoms with E-state index in [-0.39, 0.29) is 6.03 Å². The first-order valence-electron chi connectivity index (χ1n) is 4.62. The van der Waals surface area contributed by atoms with Crippen LogP contribution in [0.5, 0.6) is 0 Å². The van der Waals surface area contributed by atoms with E-state index in [1.54, 1.807) is 20.2 Å². The normalized spacial score (nSPS) is 9.75. The van der Waals surface area contributed by atoms with Crippen molar-refractivity contribution < 1.29 is 14.3 Å². The van der Waals surface area contributed by atoms with E-state index < -0.39 is 5.97 Å². The Balaban J connectivity index is 2.95. The number of hydrogen-bond donors (Lipinski definition) is 1. The Morgan fingerprint density at radius 3 is 2.56 bits per heavy atom. The molecule has 6 heteroatoms. The molecule has 0 atom stereocenters. The molecule has 0 spiro atoms. The Morgan fingerprint density at radius 1 is 1.44 bits per heavy atom. The Bertz CT molecular complexity index is 412. The molecule has 1 aromatic rings. The SMILES string of the molecule is COC(=O)c1sc(C)cc1NC(=O)N(C)C. The summed E-state index contributed by atoms with van der Waals surface area (Å²) in [6, 6.07) is 1.47. The third kappa shape index (κ3) is 2.73. The minimum absolute atomic E-state index is 0.275. The maximum absolute atomic E-state index is 11.5. The maximum atomic E-state index is 11.5. The standard InChI is InChI=1S/C10H14N2O3S/c1-6-5-7(11-10(14)12(2)3)8(16-6)9(13)15-4/h5H,1-4H3,(H,11,14). The number of aryl methyl sites for hydroxylation is 1. The van der Waals surface area contributed by atoms with E-state index in [0.717, 1.165) is 4.88 Å². The summed E-state index contributed by atoms with van der Waals surface area (Å²) >= 11 is 1.29. The molecule has 88 valence electrons. The van der Waals surface area contributed by atoms with Crippen molar-refractivity contribution >= 4 is 29.0 Å². The van der Waals surface area contributed by atoms with E-state index in [9.17, 15) is 9.59 Å². The molecule has 0 aliphatic carbocycles. The van der Waals surface area contributed by atoms with E-state index in [1.165, 1.54) is 23.3 Å². The smallest absolute Gasteiger partial charge is 0.350 e. The van der Waals surface area contributed by atoms with Crippen molar-refractivity contribution in [2.24, 2.45) is 0 Å². The first kappa shape index (κ1) is 12.5. The van der Waals surface area contributed by atoms with E-state index in [1.807, 2.05) is 6.92 Å². The predicted octanol–water partition coefficient (Wildman–Crippen LogP) is 1.94. The van der Waals surface area contributed by atoms with Gasteiger partial charge in [0.2, 0.25) is 0 Å². The fraction of sp³-hybridized carbons (Fsp3) is 0.400. The molecule has 0 bridgehead atoms. The average molecular weight is 242 g/mol. The van der Waals surface area contributed by atoms with Crippen molar-refractivity contribution in [1.82, 2.24) is 4.90 Å². The first-order valence-corrected chi connectivity index (χ1v) is 5.44. The number of urea groups is 1. The van der Waals surface area contributed by atoms with Gasteiger partial charge in [-0.2, -0.15) is 0 Å². The molecule has 0 fully saturated rings. The summed E-state index contributed by atoms with van der Waals surface area (Å²) < 4.78 is 4.64. The largest absolute Gasteiger partial charge is 0.465 e. The summed E-state index contributed by atoms with van der Waals surface area (Å²) in [5, 5.41) is 2.64. The molecule has 5 nitrogen and oxygen atoms in total. The number of carbonyl (C=O) groups is 2. The van der Waals surface area contributed by atoms with Gasteiger partial charge in [0.25, 0.3) is 0 Å². The number of rotatable bonds is 2. The van der Waals surface area contributed by atoms with Crippen molar-refractivity contribution in [2.45, 2.75) is 6.92 Å². The van der Waals surface area contributed by atoms with Crippen molar-refractivity contribution in [3.63, 3.8) is 0 Å². The Hall–Kier alpha value is -1.56.